The van der Waals surface area contributed by atoms with Crippen molar-refractivity contribution < 1.29 is 9.18 Å². The van der Waals surface area contributed by atoms with Crippen molar-refractivity contribution in [2.75, 3.05) is 13.1 Å². The Morgan fingerprint density at radius 1 is 1.19 bits per heavy atom. The number of benzene rings is 1. The van der Waals surface area contributed by atoms with Crippen LogP contribution < -0.4 is 11.1 Å². The first-order valence-electron chi connectivity index (χ1n) is 9.87. The number of amides is 1. The molecule has 144 valence electrons. The van der Waals surface area contributed by atoms with Gasteiger partial charge in [0, 0.05) is 37.1 Å². The lowest BCUT2D eigenvalue weighted by Gasteiger charge is -2.31. The Hall–Kier alpha value is -1.46. The summed E-state index contributed by atoms with van der Waals surface area (Å²) in [5.74, 6) is 0.672. The van der Waals surface area contributed by atoms with Gasteiger partial charge in [-0.3, -0.25) is 9.69 Å². The van der Waals surface area contributed by atoms with Crippen molar-refractivity contribution in [3.63, 3.8) is 0 Å². The fraction of sp³-hybridized carbons (Fsp3) is 0.667. The molecule has 26 heavy (non-hydrogen) atoms. The number of carbonyl (C=O) groups excluding carboxylic acids is 1. The topological polar surface area (TPSA) is 58.4 Å². The molecule has 0 bridgehead atoms. The molecule has 2 atom stereocenters. The molecule has 1 aliphatic heterocycles. The molecule has 3 N–H and O–H groups in total. The fourth-order valence-corrected chi connectivity index (χ4v) is 4.18. The molecule has 2 fully saturated rings. The molecule has 1 saturated carbocycles. The first kappa shape index (κ1) is 19.3. The first-order chi connectivity index (χ1) is 12.4. The van der Waals surface area contributed by atoms with E-state index in [0.29, 0.717) is 31.5 Å². The normalized spacial score (nSPS) is 24.0. The van der Waals surface area contributed by atoms with Crippen LogP contribution in [0.25, 0.3) is 0 Å². The molecule has 1 aromatic rings. The van der Waals surface area contributed by atoms with Crippen LogP contribution in [-0.2, 0) is 11.2 Å². The van der Waals surface area contributed by atoms with Crippen molar-refractivity contribution in [1.82, 2.24) is 10.2 Å². The molecule has 0 aromatic heterocycles. The van der Waals surface area contributed by atoms with E-state index in [1.807, 2.05) is 13.8 Å². The summed E-state index contributed by atoms with van der Waals surface area (Å²) in [7, 11) is 0. The van der Waals surface area contributed by atoms with E-state index in [4.69, 9.17) is 5.73 Å². The minimum absolute atomic E-state index is 0.0978. The van der Waals surface area contributed by atoms with Crippen molar-refractivity contribution in [3.05, 3.63) is 35.6 Å². The van der Waals surface area contributed by atoms with Gasteiger partial charge in [0.15, 0.2) is 0 Å². The Morgan fingerprint density at radius 3 is 2.46 bits per heavy atom. The Balaban J connectivity index is 1.54. The average molecular weight is 362 g/mol. The lowest BCUT2D eigenvalue weighted by Crippen LogP contribution is -2.48. The molecule has 2 aliphatic rings. The zero-order valence-corrected chi connectivity index (χ0v) is 16.0. The second-order valence-corrected chi connectivity index (χ2v) is 8.70. The van der Waals surface area contributed by atoms with Crippen LogP contribution in [0.1, 0.15) is 51.5 Å². The van der Waals surface area contributed by atoms with Crippen molar-refractivity contribution in [3.8, 4) is 0 Å². The van der Waals surface area contributed by atoms with Crippen LogP contribution in [0.2, 0.25) is 0 Å². The molecule has 4 nitrogen and oxygen atoms in total. The third-order valence-corrected chi connectivity index (χ3v) is 5.67. The Labute approximate surface area is 156 Å². The summed E-state index contributed by atoms with van der Waals surface area (Å²) in [6, 6.07) is 7.24. The second-order valence-electron chi connectivity index (χ2n) is 8.70. The molecular formula is C21H32FN3O. The summed E-state index contributed by atoms with van der Waals surface area (Å²) in [5, 5.41) is 3.18. The summed E-state index contributed by atoms with van der Waals surface area (Å²) in [6.07, 6.45) is 6.01. The summed E-state index contributed by atoms with van der Waals surface area (Å²) >= 11 is 0. The van der Waals surface area contributed by atoms with Gasteiger partial charge >= 0.3 is 0 Å². The van der Waals surface area contributed by atoms with E-state index in [-0.39, 0.29) is 17.3 Å². The monoisotopic (exact) mass is 361 g/mol. The van der Waals surface area contributed by atoms with Crippen LogP contribution in [0.5, 0.6) is 0 Å². The highest BCUT2D eigenvalue weighted by Crippen LogP contribution is 2.35. The van der Waals surface area contributed by atoms with Gasteiger partial charge in [-0.25, -0.2) is 4.39 Å². The smallest absolute Gasteiger partial charge is 0.221 e. The summed E-state index contributed by atoms with van der Waals surface area (Å²) in [5.41, 5.74) is 6.61. The van der Waals surface area contributed by atoms with Crippen molar-refractivity contribution in [1.29, 1.82) is 0 Å². The number of halogens is 1. The molecule has 1 aromatic carbocycles. The zero-order valence-electron chi connectivity index (χ0n) is 16.0. The summed E-state index contributed by atoms with van der Waals surface area (Å²) in [6.45, 7) is 5.82. The minimum Gasteiger partial charge on any atom is -0.351 e. The van der Waals surface area contributed by atoms with Gasteiger partial charge in [0.25, 0.3) is 0 Å². The largest absolute Gasteiger partial charge is 0.351 e. The van der Waals surface area contributed by atoms with Crippen LogP contribution in [-0.4, -0.2) is 41.5 Å². The number of hydrogen-bond donors (Lipinski definition) is 2. The molecule has 1 amide bonds. The van der Waals surface area contributed by atoms with E-state index in [2.05, 4.69) is 10.2 Å². The van der Waals surface area contributed by atoms with Gasteiger partial charge in [-0.2, -0.15) is 0 Å². The molecule has 3 rings (SSSR count). The van der Waals surface area contributed by atoms with Crippen LogP contribution in [0.3, 0.4) is 0 Å². The molecule has 1 heterocycles. The summed E-state index contributed by atoms with van der Waals surface area (Å²) in [4.78, 5) is 15.2. The maximum atomic E-state index is 13.1. The number of hydrogen-bond acceptors (Lipinski definition) is 3. The number of nitrogens with two attached hydrogens (primary N) is 1. The van der Waals surface area contributed by atoms with E-state index in [9.17, 15) is 9.18 Å². The van der Waals surface area contributed by atoms with Crippen LogP contribution >= 0.6 is 0 Å². The standard InChI is InChI=1S/C21H32FN3O/c1-21(2,12-15-5-7-17(22)8-6-15)24-20(26)11-18-9-10-19(13-23)25(18)14-16-3-4-16/h5-8,16,18-19H,3-4,9-14,23H2,1-2H3,(H,24,26)/t18-,19+/m0/s1. The third kappa shape index (κ3) is 5.27. The van der Waals surface area contributed by atoms with Gasteiger partial charge in [-0.15, -0.1) is 0 Å². The van der Waals surface area contributed by atoms with Crippen LogP contribution in [0, 0.1) is 11.7 Å². The lowest BCUT2D eigenvalue weighted by molar-refractivity contribution is -0.123. The molecular weight excluding hydrogens is 329 g/mol. The molecule has 0 radical (unpaired) electrons. The lowest BCUT2D eigenvalue weighted by atomic mass is 9.94. The average Bonchev–Trinajstić information content (AvgIpc) is 3.31. The molecule has 1 saturated heterocycles. The minimum atomic E-state index is -0.359. The van der Waals surface area contributed by atoms with E-state index in [1.165, 1.54) is 25.0 Å². The quantitative estimate of drug-likeness (QED) is 0.749. The Kier molecular flexibility index (Phi) is 5.98. The number of rotatable bonds is 8. The number of carbonyl (C=O) groups is 1. The number of nitrogens with one attached hydrogen (secondary N) is 1. The van der Waals surface area contributed by atoms with Crippen LogP contribution in [0.4, 0.5) is 4.39 Å². The predicted molar refractivity (Wildman–Crippen MR) is 102 cm³/mol. The first-order valence-corrected chi connectivity index (χ1v) is 9.87. The molecule has 1 aliphatic carbocycles. The van der Waals surface area contributed by atoms with Crippen LogP contribution in [0.15, 0.2) is 24.3 Å². The maximum absolute atomic E-state index is 13.1. The van der Waals surface area contributed by atoms with Crippen molar-refractivity contribution in [2.24, 2.45) is 11.7 Å². The van der Waals surface area contributed by atoms with E-state index < -0.39 is 0 Å². The van der Waals surface area contributed by atoms with Gasteiger partial charge in [0.1, 0.15) is 5.82 Å². The number of nitrogens with zero attached hydrogens (tertiary/aromatic N) is 1. The highest BCUT2D eigenvalue weighted by molar-refractivity contribution is 5.77. The fourth-order valence-electron chi connectivity index (χ4n) is 4.18. The second kappa shape index (κ2) is 8.05. The van der Waals surface area contributed by atoms with Gasteiger partial charge in [-0.05, 0) is 69.6 Å². The van der Waals surface area contributed by atoms with E-state index in [0.717, 1.165) is 30.9 Å². The van der Waals surface area contributed by atoms with Gasteiger partial charge in [0.05, 0.1) is 0 Å². The van der Waals surface area contributed by atoms with Gasteiger partial charge in [0.2, 0.25) is 5.91 Å². The summed E-state index contributed by atoms with van der Waals surface area (Å²) < 4.78 is 13.1. The SMILES string of the molecule is CC(C)(Cc1ccc(F)cc1)NC(=O)C[C@@H]1CC[C@H](CN)N1CC1CC1. The van der Waals surface area contributed by atoms with E-state index in [1.54, 1.807) is 12.1 Å². The highest BCUT2D eigenvalue weighted by Gasteiger charge is 2.37. The molecule has 0 spiro atoms. The molecule has 0 unspecified atom stereocenters. The maximum Gasteiger partial charge on any atom is 0.221 e. The third-order valence-electron chi connectivity index (χ3n) is 5.67. The highest BCUT2D eigenvalue weighted by atomic mass is 19.1. The zero-order chi connectivity index (χ0) is 18.7. The van der Waals surface area contributed by atoms with E-state index >= 15 is 0 Å². The predicted octanol–water partition coefficient (Wildman–Crippen LogP) is 2.85. The molecule has 5 heteroatoms. The van der Waals surface area contributed by atoms with Gasteiger partial charge in [-0.1, -0.05) is 12.1 Å². The van der Waals surface area contributed by atoms with Crippen molar-refractivity contribution >= 4 is 5.91 Å². The number of likely N-dealkylation sites (tertiary alicyclic amines) is 1. The Bertz CT molecular complexity index is 612. The Morgan fingerprint density at radius 2 is 1.85 bits per heavy atom. The van der Waals surface area contributed by atoms with Gasteiger partial charge < -0.3 is 11.1 Å². The van der Waals surface area contributed by atoms with Crippen molar-refractivity contribution in [2.45, 2.75) is 70.0 Å².